The smallest absolute Gasteiger partial charge is 0.166 e. The standard InChI is InChI=1S/C18H28O/c1-6-13-11-15(9-4)17(16(10-5)12-13)18(19)14(7-2)8-3/h11-12,14H,6-10H2,1-5H3. The predicted molar refractivity (Wildman–Crippen MR) is 83.0 cm³/mol. The molecule has 0 aromatic heterocycles. The van der Waals surface area contributed by atoms with Crippen LogP contribution in [-0.4, -0.2) is 5.78 Å². The van der Waals surface area contributed by atoms with E-state index >= 15 is 0 Å². The van der Waals surface area contributed by atoms with E-state index in [9.17, 15) is 4.79 Å². The van der Waals surface area contributed by atoms with Gasteiger partial charge in [0.1, 0.15) is 0 Å². The van der Waals surface area contributed by atoms with E-state index in [1.165, 1.54) is 16.7 Å². The van der Waals surface area contributed by atoms with Crippen LogP contribution in [0.3, 0.4) is 0 Å². The molecule has 0 N–H and O–H groups in total. The van der Waals surface area contributed by atoms with Crippen LogP contribution in [0.1, 0.15) is 74.5 Å². The van der Waals surface area contributed by atoms with Crippen molar-refractivity contribution in [1.82, 2.24) is 0 Å². The number of carbonyl (C=O) groups is 1. The van der Waals surface area contributed by atoms with E-state index in [2.05, 4.69) is 46.8 Å². The third-order valence-electron chi connectivity index (χ3n) is 4.13. The molecule has 0 fully saturated rings. The lowest BCUT2D eigenvalue weighted by molar-refractivity contribution is 0.0911. The van der Waals surface area contributed by atoms with Gasteiger partial charge in [0.05, 0.1) is 0 Å². The van der Waals surface area contributed by atoms with E-state index in [1.54, 1.807) is 0 Å². The van der Waals surface area contributed by atoms with E-state index in [-0.39, 0.29) is 5.92 Å². The van der Waals surface area contributed by atoms with E-state index in [0.717, 1.165) is 37.7 Å². The Morgan fingerprint density at radius 1 is 0.895 bits per heavy atom. The quantitative estimate of drug-likeness (QED) is 0.631. The highest BCUT2D eigenvalue weighted by Gasteiger charge is 2.21. The second-order valence-electron chi connectivity index (χ2n) is 5.23. The van der Waals surface area contributed by atoms with Crippen LogP contribution < -0.4 is 0 Å². The Kier molecular flexibility index (Phi) is 6.27. The van der Waals surface area contributed by atoms with Crippen molar-refractivity contribution in [2.75, 3.05) is 0 Å². The Morgan fingerprint density at radius 3 is 1.68 bits per heavy atom. The number of hydrogen-bond acceptors (Lipinski definition) is 1. The average molecular weight is 260 g/mol. The van der Waals surface area contributed by atoms with Gasteiger partial charge in [0.15, 0.2) is 5.78 Å². The van der Waals surface area contributed by atoms with Gasteiger partial charge >= 0.3 is 0 Å². The maximum atomic E-state index is 12.8. The summed E-state index contributed by atoms with van der Waals surface area (Å²) in [6.45, 7) is 10.7. The van der Waals surface area contributed by atoms with Gasteiger partial charge in [-0.05, 0) is 48.8 Å². The van der Waals surface area contributed by atoms with Gasteiger partial charge in [-0.2, -0.15) is 0 Å². The largest absolute Gasteiger partial charge is 0.294 e. The van der Waals surface area contributed by atoms with Gasteiger partial charge in [0.25, 0.3) is 0 Å². The van der Waals surface area contributed by atoms with Crippen LogP contribution >= 0.6 is 0 Å². The van der Waals surface area contributed by atoms with Crippen LogP contribution in [0.5, 0.6) is 0 Å². The highest BCUT2D eigenvalue weighted by molar-refractivity contribution is 6.00. The van der Waals surface area contributed by atoms with Crippen molar-refractivity contribution in [3.05, 3.63) is 34.4 Å². The summed E-state index contributed by atoms with van der Waals surface area (Å²) in [4.78, 5) is 12.8. The molecule has 0 saturated heterocycles. The molecule has 0 amide bonds. The summed E-state index contributed by atoms with van der Waals surface area (Å²) in [5.74, 6) is 0.546. The predicted octanol–water partition coefficient (Wildman–Crippen LogP) is 4.99. The van der Waals surface area contributed by atoms with Crippen molar-refractivity contribution in [3.8, 4) is 0 Å². The molecule has 1 aromatic carbocycles. The first-order valence-corrected chi connectivity index (χ1v) is 7.81. The zero-order valence-electron chi connectivity index (χ0n) is 13.2. The molecule has 0 radical (unpaired) electrons. The molecule has 0 saturated carbocycles. The molecule has 1 rings (SSSR count). The third-order valence-corrected chi connectivity index (χ3v) is 4.13. The Balaban J connectivity index is 3.35. The molecule has 0 heterocycles. The van der Waals surface area contributed by atoms with Crippen molar-refractivity contribution in [1.29, 1.82) is 0 Å². The normalized spacial score (nSPS) is 11.1. The molecule has 1 heteroatoms. The van der Waals surface area contributed by atoms with Crippen molar-refractivity contribution in [2.24, 2.45) is 5.92 Å². The van der Waals surface area contributed by atoms with Gasteiger partial charge < -0.3 is 0 Å². The first-order chi connectivity index (χ1) is 9.12. The van der Waals surface area contributed by atoms with Crippen molar-refractivity contribution < 1.29 is 4.79 Å². The van der Waals surface area contributed by atoms with Crippen molar-refractivity contribution in [2.45, 2.75) is 66.7 Å². The summed E-state index contributed by atoms with van der Waals surface area (Å²) in [6.07, 6.45) is 4.82. The van der Waals surface area contributed by atoms with Crippen LogP contribution in [0, 0.1) is 5.92 Å². The molecule has 1 aromatic rings. The summed E-state index contributed by atoms with van der Waals surface area (Å²) >= 11 is 0. The number of aryl methyl sites for hydroxylation is 3. The molecule has 0 aliphatic heterocycles. The lowest BCUT2D eigenvalue weighted by Crippen LogP contribution is -2.17. The molecule has 0 atom stereocenters. The average Bonchev–Trinajstić information content (AvgIpc) is 2.46. The Morgan fingerprint density at radius 2 is 1.37 bits per heavy atom. The molecule has 106 valence electrons. The summed E-state index contributed by atoms with van der Waals surface area (Å²) in [5.41, 5.74) is 4.87. The van der Waals surface area contributed by atoms with Gasteiger partial charge in [0, 0.05) is 11.5 Å². The minimum absolute atomic E-state index is 0.183. The summed E-state index contributed by atoms with van der Waals surface area (Å²) < 4.78 is 0. The minimum atomic E-state index is 0.183. The van der Waals surface area contributed by atoms with E-state index in [1.807, 2.05) is 0 Å². The Hall–Kier alpha value is -1.11. The maximum Gasteiger partial charge on any atom is 0.166 e. The first-order valence-electron chi connectivity index (χ1n) is 7.81. The molecule has 0 unspecified atom stereocenters. The first kappa shape index (κ1) is 15.9. The fourth-order valence-corrected chi connectivity index (χ4v) is 2.78. The van der Waals surface area contributed by atoms with Gasteiger partial charge in [-0.1, -0.05) is 46.8 Å². The van der Waals surface area contributed by atoms with Gasteiger partial charge in [0.2, 0.25) is 0 Å². The Bertz CT molecular complexity index is 402. The lowest BCUT2D eigenvalue weighted by Gasteiger charge is -2.18. The fraction of sp³-hybridized carbons (Fsp3) is 0.611. The summed E-state index contributed by atoms with van der Waals surface area (Å²) in [5, 5.41) is 0. The molecule has 0 aliphatic carbocycles. The third kappa shape index (κ3) is 3.46. The highest BCUT2D eigenvalue weighted by atomic mass is 16.1. The minimum Gasteiger partial charge on any atom is -0.294 e. The van der Waals surface area contributed by atoms with E-state index < -0.39 is 0 Å². The van der Waals surface area contributed by atoms with Crippen LogP contribution in [-0.2, 0) is 19.3 Å². The van der Waals surface area contributed by atoms with Gasteiger partial charge in [-0.25, -0.2) is 0 Å². The van der Waals surface area contributed by atoms with Crippen molar-refractivity contribution >= 4 is 5.78 Å². The van der Waals surface area contributed by atoms with Gasteiger partial charge in [-0.15, -0.1) is 0 Å². The van der Waals surface area contributed by atoms with Crippen LogP contribution in [0.25, 0.3) is 0 Å². The lowest BCUT2D eigenvalue weighted by atomic mass is 9.85. The summed E-state index contributed by atoms with van der Waals surface area (Å²) in [6, 6.07) is 4.46. The number of rotatable bonds is 7. The van der Waals surface area contributed by atoms with E-state index in [4.69, 9.17) is 0 Å². The van der Waals surface area contributed by atoms with Crippen LogP contribution in [0.2, 0.25) is 0 Å². The number of ketones is 1. The zero-order valence-corrected chi connectivity index (χ0v) is 13.2. The number of carbonyl (C=O) groups excluding carboxylic acids is 1. The fourth-order valence-electron chi connectivity index (χ4n) is 2.78. The molecule has 0 spiro atoms. The number of benzene rings is 1. The molecular formula is C18H28O. The van der Waals surface area contributed by atoms with Crippen LogP contribution in [0.15, 0.2) is 12.1 Å². The van der Waals surface area contributed by atoms with Crippen molar-refractivity contribution in [3.63, 3.8) is 0 Å². The topological polar surface area (TPSA) is 17.1 Å². The monoisotopic (exact) mass is 260 g/mol. The highest BCUT2D eigenvalue weighted by Crippen LogP contribution is 2.25. The second-order valence-corrected chi connectivity index (χ2v) is 5.23. The molecule has 19 heavy (non-hydrogen) atoms. The van der Waals surface area contributed by atoms with E-state index in [0.29, 0.717) is 5.78 Å². The van der Waals surface area contributed by atoms with Crippen LogP contribution in [0.4, 0.5) is 0 Å². The summed E-state index contributed by atoms with van der Waals surface area (Å²) in [7, 11) is 0. The maximum absolute atomic E-state index is 12.8. The SMILES string of the molecule is CCc1cc(CC)c(C(=O)C(CC)CC)c(CC)c1. The molecule has 0 bridgehead atoms. The molecular weight excluding hydrogens is 232 g/mol. The number of Topliss-reactive ketones (excluding diaryl/α,β-unsaturated/α-hetero) is 1. The second kappa shape index (κ2) is 7.47. The molecule has 0 aliphatic rings. The number of hydrogen-bond donors (Lipinski definition) is 0. The van der Waals surface area contributed by atoms with Gasteiger partial charge in [-0.3, -0.25) is 4.79 Å². The zero-order chi connectivity index (χ0) is 14.4. The Labute approximate surface area is 118 Å². The molecule has 1 nitrogen and oxygen atoms in total.